The van der Waals surface area contributed by atoms with E-state index in [2.05, 4.69) is 37.0 Å². The zero-order valence-corrected chi connectivity index (χ0v) is 20.5. The van der Waals surface area contributed by atoms with Crippen molar-refractivity contribution in [3.8, 4) is 0 Å². The van der Waals surface area contributed by atoms with Crippen molar-refractivity contribution in [1.29, 1.82) is 0 Å². The summed E-state index contributed by atoms with van der Waals surface area (Å²) in [5.74, 6) is -2.25. The van der Waals surface area contributed by atoms with Crippen LogP contribution in [0.25, 0.3) is 11.0 Å². The molecule has 1 heterocycles. The second-order valence-corrected chi connectivity index (χ2v) is 9.21. The molecule has 0 bridgehead atoms. The van der Waals surface area contributed by atoms with E-state index in [0.717, 1.165) is 0 Å². The second kappa shape index (κ2) is 10.3. The maximum Gasteiger partial charge on any atom is 0.407 e. The first-order valence-corrected chi connectivity index (χ1v) is 11.0. The topological polar surface area (TPSA) is 107 Å². The summed E-state index contributed by atoms with van der Waals surface area (Å²) >= 11 is 3.16. The molecule has 3 N–H and O–H groups in total. The zero-order chi connectivity index (χ0) is 25.0. The molecule has 0 saturated carbocycles. The number of aromatic nitrogens is 2. The minimum absolute atomic E-state index is 0.0153. The number of halogens is 3. The minimum atomic E-state index is -0.822. The summed E-state index contributed by atoms with van der Waals surface area (Å²) in [5, 5.41) is 5.12. The number of hydrogen-bond donors (Lipinski definition) is 3. The Kier molecular flexibility index (Phi) is 7.72. The fourth-order valence-electron chi connectivity index (χ4n) is 2.94. The highest BCUT2D eigenvalue weighted by Crippen LogP contribution is 2.32. The lowest BCUT2D eigenvalue weighted by Gasteiger charge is -2.19. The molecule has 0 fully saturated rings. The summed E-state index contributed by atoms with van der Waals surface area (Å²) in [7, 11) is 1.65. The van der Waals surface area contributed by atoms with E-state index in [0.29, 0.717) is 9.99 Å². The predicted octanol–water partition coefficient (Wildman–Crippen LogP) is 4.54. The summed E-state index contributed by atoms with van der Waals surface area (Å²) < 4.78 is 36.8. The van der Waals surface area contributed by atoms with Crippen molar-refractivity contribution in [1.82, 2.24) is 20.3 Å². The van der Waals surface area contributed by atoms with Gasteiger partial charge in [-0.25, -0.2) is 24.0 Å². The lowest BCUT2D eigenvalue weighted by Crippen LogP contribution is -2.35. The molecule has 0 saturated heterocycles. The molecule has 0 radical (unpaired) electrons. The number of aryl methyl sites for hydroxylation is 1. The van der Waals surface area contributed by atoms with Crippen LogP contribution in [0.15, 0.2) is 35.1 Å². The molecule has 0 atom stereocenters. The number of rotatable bonds is 7. The number of nitrogens with one attached hydrogen (secondary N) is 3. The number of ether oxygens (including phenoxy) is 1. The van der Waals surface area contributed by atoms with E-state index >= 15 is 4.39 Å². The Morgan fingerprint density at radius 3 is 2.62 bits per heavy atom. The van der Waals surface area contributed by atoms with Crippen molar-refractivity contribution < 1.29 is 27.9 Å². The fourth-order valence-corrected chi connectivity index (χ4v) is 3.27. The number of anilines is 2. The Balaban J connectivity index is 1.76. The first-order valence-electron chi connectivity index (χ1n) is 10.2. The largest absolute Gasteiger partial charge is 0.444 e. The molecule has 0 aliphatic rings. The zero-order valence-electron chi connectivity index (χ0n) is 19.0. The van der Waals surface area contributed by atoms with Crippen LogP contribution in [0.2, 0.25) is 0 Å². The third-order valence-electron chi connectivity index (χ3n) is 4.43. The number of hydrogen-bond acceptors (Lipinski definition) is 6. The van der Waals surface area contributed by atoms with Gasteiger partial charge in [0.2, 0.25) is 0 Å². The summed E-state index contributed by atoms with van der Waals surface area (Å²) in [4.78, 5) is 33.6. The summed E-state index contributed by atoms with van der Waals surface area (Å²) in [5.41, 5.74) is 1.51. The van der Waals surface area contributed by atoms with E-state index in [-0.39, 0.29) is 35.6 Å². The fraction of sp³-hybridized carbons (Fsp3) is 0.318. The van der Waals surface area contributed by atoms with Gasteiger partial charge in [-0.05, 0) is 45.0 Å². The smallest absolute Gasteiger partial charge is 0.407 e. The SMILES string of the molecule is Cn1cnc2c(F)c(Nc3ccc(Br)cc3F)c(C(=O)NOCCNC(=O)OC(C)(C)C)cc21. The Labute approximate surface area is 202 Å². The number of nitrogens with zero attached hydrogens (tertiary/aromatic N) is 2. The predicted molar refractivity (Wildman–Crippen MR) is 126 cm³/mol. The number of imidazole rings is 1. The maximum atomic E-state index is 15.3. The third-order valence-corrected chi connectivity index (χ3v) is 4.93. The summed E-state index contributed by atoms with van der Waals surface area (Å²) in [6, 6.07) is 5.60. The molecule has 12 heteroatoms. The number of carbonyl (C=O) groups excluding carboxylic acids is 2. The number of hydroxylamine groups is 1. The van der Waals surface area contributed by atoms with Crippen LogP contribution < -0.4 is 16.1 Å². The number of amides is 2. The number of alkyl carbamates (subject to hydrolysis) is 1. The van der Waals surface area contributed by atoms with Crippen molar-refractivity contribution in [2.24, 2.45) is 7.05 Å². The van der Waals surface area contributed by atoms with Crippen LogP contribution in [-0.2, 0) is 16.6 Å². The second-order valence-electron chi connectivity index (χ2n) is 8.29. The molecule has 2 aromatic carbocycles. The summed E-state index contributed by atoms with van der Waals surface area (Å²) in [6.45, 7) is 5.17. The van der Waals surface area contributed by atoms with E-state index in [9.17, 15) is 14.0 Å². The molecule has 1 aromatic heterocycles. The first kappa shape index (κ1) is 25.4. The molecule has 2 amide bonds. The van der Waals surface area contributed by atoms with Gasteiger partial charge in [0.25, 0.3) is 5.91 Å². The van der Waals surface area contributed by atoms with Gasteiger partial charge in [0, 0.05) is 18.1 Å². The molecular weight excluding hydrogens is 516 g/mol. The Hall–Kier alpha value is -3.25. The van der Waals surface area contributed by atoms with E-state index < -0.39 is 29.2 Å². The van der Waals surface area contributed by atoms with Crippen LogP contribution >= 0.6 is 15.9 Å². The lowest BCUT2D eigenvalue weighted by atomic mass is 10.1. The lowest BCUT2D eigenvalue weighted by molar-refractivity contribution is 0.0284. The Bertz CT molecular complexity index is 1230. The molecule has 182 valence electrons. The van der Waals surface area contributed by atoms with Gasteiger partial charge in [0.15, 0.2) is 5.82 Å². The van der Waals surface area contributed by atoms with Crippen molar-refractivity contribution >= 4 is 50.3 Å². The quantitative estimate of drug-likeness (QED) is 0.300. The van der Waals surface area contributed by atoms with Gasteiger partial charge in [-0.15, -0.1) is 0 Å². The Morgan fingerprint density at radius 2 is 1.94 bits per heavy atom. The molecule has 34 heavy (non-hydrogen) atoms. The van der Waals surface area contributed by atoms with E-state index in [1.54, 1.807) is 38.5 Å². The van der Waals surface area contributed by atoms with Gasteiger partial charge >= 0.3 is 6.09 Å². The number of carbonyl (C=O) groups is 2. The molecular formula is C22H24BrF2N5O4. The average molecular weight is 540 g/mol. The van der Waals surface area contributed by atoms with Gasteiger partial charge in [-0.1, -0.05) is 15.9 Å². The van der Waals surface area contributed by atoms with Crippen LogP contribution in [0.3, 0.4) is 0 Å². The van der Waals surface area contributed by atoms with Crippen molar-refractivity contribution in [3.63, 3.8) is 0 Å². The van der Waals surface area contributed by atoms with Gasteiger partial charge in [0.05, 0.1) is 35.4 Å². The van der Waals surface area contributed by atoms with Crippen molar-refractivity contribution in [3.05, 3.63) is 52.3 Å². The van der Waals surface area contributed by atoms with E-state index in [4.69, 9.17) is 9.57 Å². The molecule has 0 aliphatic carbocycles. The monoisotopic (exact) mass is 539 g/mol. The minimum Gasteiger partial charge on any atom is -0.444 e. The summed E-state index contributed by atoms with van der Waals surface area (Å²) in [6.07, 6.45) is 0.771. The van der Waals surface area contributed by atoms with Crippen LogP contribution in [0.5, 0.6) is 0 Å². The highest BCUT2D eigenvalue weighted by atomic mass is 79.9. The normalized spacial score (nSPS) is 11.4. The average Bonchev–Trinajstić information content (AvgIpc) is 3.10. The number of fused-ring (bicyclic) bond motifs is 1. The third kappa shape index (κ3) is 6.20. The molecule has 3 rings (SSSR count). The van der Waals surface area contributed by atoms with Crippen LogP contribution in [0, 0.1) is 11.6 Å². The van der Waals surface area contributed by atoms with Gasteiger partial charge in [0.1, 0.15) is 16.9 Å². The number of benzene rings is 2. The molecule has 0 unspecified atom stereocenters. The van der Waals surface area contributed by atoms with E-state index in [1.165, 1.54) is 24.5 Å². The van der Waals surface area contributed by atoms with Crippen LogP contribution in [-0.4, -0.2) is 40.3 Å². The van der Waals surface area contributed by atoms with Crippen LogP contribution in [0.4, 0.5) is 25.0 Å². The molecule has 9 nitrogen and oxygen atoms in total. The van der Waals surface area contributed by atoms with Crippen molar-refractivity contribution in [2.45, 2.75) is 26.4 Å². The van der Waals surface area contributed by atoms with Gasteiger partial charge in [-0.2, -0.15) is 0 Å². The highest BCUT2D eigenvalue weighted by Gasteiger charge is 2.22. The molecule has 3 aromatic rings. The van der Waals surface area contributed by atoms with Gasteiger partial charge < -0.3 is 19.9 Å². The highest BCUT2D eigenvalue weighted by molar-refractivity contribution is 9.10. The maximum absolute atomic E-state index is 15.3. The molecule has 0 spiro atoms. The standard InChI is InChI=1S/C22H24BrF2N5O4/c1-22(2,3)34-21(32)26-7-8-33-29-20(31)13-10-16-19(27-11-30(16)4)17(25)18(13)28-15-6-5-12(23)9-14(15)24/h5-6,9-11,28H,7-8H2,1-4H3,(H,26,32)(H,29,31). The van der Waals surface area contributed by atoms with Crippen molar-refractivity contribution in [2.75, 3.05) is 18.5 Å². The van der Waals surface area contributed by atoms with E-state index in [1.807, 2.05) is 0 Å². The molecule has 0 aliphatic heterocycles. The van der Waals surface area contributed by atoms with Gasteiger partial charge in [-0.3, -0.25) is 9.63 Å². The Morgan fingerprint density at radius 1 is 1.21 bits per heavy atom. The first-order chi connectivity index (χ1) is 16.0. The van der Waals surface area contributed by atoms with Crippen LogP contribution in [0.1, 0.15) is 31.1 Å².